The van der Waals surface area contributed by atoms with Gasteiger partial charge in [0.25, 0.3) is 0 Å². The smallest absolute Gasteiger partial charge is 0.124 e. The van der Waals surface area contributed by atoms with Crippen LogP contribution in [0.5, 0.6) is 0 Å². The van der Waals surface area contributed by atoms with E-state index in [1.165, 1.54) is 12.1 Å². The molecule has 0 saturated heterocycles. The van der Waals surface area contributed by atoms with Gasteiger partial charge in [-0.3, -0.25) is 0 Å². The van der Waals surface area contributed by atoms with Crippen molar-refractivity contribution in [3.8, 4) is 11.3 Å². The van der Waals surface area contributed by atoms with E-state index in [-0.39, 0.29) is 5.82 Å². The summed E-state index contributed by atoms with van der Waals surface area (Å²) < 4.78 is 13.3. The molecule has 1 heterocycles. The number of hydrogen-bond acceptors (Lipinski definition) is 1. The minimum atomic E-state index is -0.303. The Bertz CT molecular complexity index is 754. The zero-order valence-corrected chi connectivity index (χ0v) is 11.1. The number of pyridine rings is 1. The number of hydrogen-bond donors (Lipinski definition) is 0. The zero-order valence-electron chi connectivity index (χ0n) is 10.3. The van der Waals surface area contributed by atoms with Crippen LogP contribution in [-0.4, -0.2) is 4.98 Å². The average molecular weight is 272 g/mol. The molecule has 1 aromatic heterocycles. The molecule has 0 atom stereocenters. The van der Waals surface area contributed by atoms with Crippen LogP contribution in [0.2, 0.25) is 5.02 Å². The highest BCUT2D eigenvalue weighted by Crippen LogP contribution is 2.32. The molecule has 0 radical (unpaired) electrons. The van der Waals surface area contributed by atoms with Crippen molar-refractivity contribution in [3.05, 3.63) is 64.9 Å². The number of nitrogens with zero attached hydrogens (tertiary/aromatic N) is 1. The van der Waals surface area contributed by atoms with Crippen molar-refractivity contribution in [1.82, 2.24) is 4.98 Å². The molecule has 0 fully saturated rings. The highest BCUT2D eigenvalue weighted by atomic mass is 35.5. The largest absolute Gasteiger partial charge is 0.247 e. The normalized spacial score (nSPS) is 10.9. The van der Waals surface area contributed by atoms with Crippen LogP contribution in [0.25, 0.3) is 22.2 Å². The average Bonchev–Trinajstić information content (AvgIpc) is 2.44. The molecule has 1 nitrogen and oxygen atoms in total. The minimum absolute atomic E-state index is 0.303. The summed E-state index contributed by atoms with van der Waals surface area (Å²) in [6, 6.07) is 14.3. The van der Waals surface area contributed by atoms with Gasteiger partial charge < -0.3 is 0 Å². The van der Waals surface area contributed by atoms with Gasteiger partial charge in [-0.2, -0.15) is 0 Å². The zero-order chi connectivity index (χ0) is 13.4. The van der Waals surface area contributed by atoms with E-state index in [2.05, 4.69) is 4.98 Å². The van der Waals surface area contributed by atoms with Gasteiger partial charge in [-0.1, -0.05) is 41.9 Å². The summed E-state index contributed by atoms with van der Waals surface area (Å²) >= 11 is 6.35. The Morgan fingerprint density at radius 3 is 2.53 bits per heavy atom. The maximum atomic E-state index is 13.3. The number of rotatable bonds is 1. The van der Waals surface area contributed by atoms with Crippen LogP contribution in [0.1, 0.15) is 5.56 Å². The molecule has 3 rings (SSSR count). The Balaban J connectivity index is 2.34. The lowest BCUT2D eigenvalue weighted by molar-refractivity contribution is 0.629. The molecule has 94 valence electrons. The second-order valence-electron chi connectivity index (χ2n) is 4.43. The summed E-state index contributed by atoms with van der Waals surface area (Å²) in [6.45, 7) is 1.90. The molecule has 0 aliphatic heterocycles. The first-order valence-electron chi connectivity index (χ1n) is 5.97. The van der Waals surface area contributed by atoms with Crippen LogP contribution in [0.15, 0.2) is 48.5 Å². The first kappa shape index (κ1) is 12.1. The Hall–Kier alpha value is -1.93. The molecule has 0 aliphatic carbocycles. The number of fused-ring (bicyclic) bond motifs is 1. The van der Waals surface area contributed by atoms with Crippen molar-refractivity contribution < 1.29 is 4.39 Å². The maximum absolute atomic E-state index is 13.3. The SMILES string of the molecule is Cc1c(-c2ccccc2)nc2ccc(F)cc2c1Cl. The van der Waals surface area contributed by atoms with E-state index < -0.39 is 0 Å². The number of halogens is 2. The number of aromatic nitrogens is 1. The van der Waals surface area contributed by atoms with Crippen LogP contribution >= 0.6 is 11.6 Å². The number of benzene rings is 2. The van der Waals surface area contributed by atoms with E-state index in [0.29, 0.717) is 15.9 Å². The van der Waals surface area contributed by atoms with E-state index >= 15 is 0 Å². The molecule has 0 saturated carbocycles. The molecule has 19 heavy (non-hydrogen) atoms. The van der Waals surface area contributed by atoms with E-state index in [9.17, 15) is 4.39 Å². The molecule has 0 amide bonds. The molecular formula is C16H11ClFN. The summed E-state index contributed by atoms with van der Waals surface area (Å²) in [6.07, 6.45) is 0. The molecule has 0 unspecified atom stereocenters. The first-order valence-corrected chi connectivity index (χ1v) is 6.35. The van der Waals surface area contributed by atoms with E-state index in [1.54, 1.807) is 6.07 Å². The third-order valence-corrected chi connectivity index (χ3v) is 3.65. The Morgan fingerprint density at radius 2 is 1.79 bits per heavy atom. The van der Waals surface area contributed by atoms with Crippen LogP contribution in [0.4, 0.5) is 4.39 Å². The predicted molar refractivity (Wildman–Crippen MR) is 76.9 cm³/mol. The highest BCUT2D eigenvalue weighted by Gasteiger charge is 2.12. The van der Waals surface area contributed by atoms with E-state index in [0.717, 1.165) is 16.8 Å². The second-order valence-corrected chi connectivity index (χ2v) is 4.80. The van der Waals surface area contributed by atoms with Gasteiger partial charge in [-0.25, -0.2) is 9.37 Å². The Labute approximate surface area is 115 Å². The topological polar surface area (TPSA) is 12.9 Å². The fraction of sp³-hybridized carbons (Fsp3) is 0.0625. The quantitative estimate of drug-likeness (QED) is 0.607. The van der Waals surface area contributed by atoms with Crippen molar-refractivity contribution >= 4 is 22.5 Å². The fourth-order valence-electron chi connectivity index (χ4n) is 2.17. The molecule has 0 N–H and O–H groups in total. The summed E-state index contributed by atoms with van der Waals surface area (Å²) in [5, 5.41) is 1.21. The third kappa shape index (κ3) is 2.08. The van der Waals surface area contributed by atoms with E-state index in [1.807, 2.05) is 37.3 Å². The van der Waals surface area contributed by atoms with Crippen molar-refractivity contribution in [2.24, 2.45) is 0 Å². The van der Waals surface area contributed by atoms with Gasteiger partial charge in [-0.05, 0) is 30.7 Å². The molecule has 3 heteroatoms. The van der Waals surface area contributed by atoms with Gasteiger partial charge in [0.05, 0.1) is 16.2 Å². The van der Waals surface area contributed by atoms with Crippen LogP contribution in [-0.2, 0) is 0 Å². The van der Waals surface area contributed by atoms with Gasteiger partial charge in [0.15, 0.2) is 0 Å². The summed E-state index contributed by atoms with van der Waals surface area (Å²) in [5.41, 5.74) is 3.42. The molecule has 0 bridgehead atoms. The maximum Gasteiger partial charge on any atom is 0.124 e. The molecule has 2 aromatic carbocycles. The third-order valence-electron chi connectivity index (χ3n) is 3.16. The molecule has 0 spiro atoms. The highest BCUT2D eigenvalue weighted by molar-refractivity contribution is 6.36. The van der Waals surface area contributed by atoms with Gasteiger partial charge in [-0.15, -0.1) is 0 Å². The summed E-state index contributed by atoms with van der Waals surface area (Å²) in [7, 11) is 0. The van der Waals surface area contributed by atoms with Crippen LogP contribution in [0.3, 0.4) is 0 Å². The Morgan fingerprint density at radius 1 is 1.05 bits per heavy atom. The van der Waals surface area contributed by atoms with Crippen LogP contribution < -0.4 is 0 Å². The Kier molecular flexibility index (Phi) is 2.96. The van der Waals surface area contributed by atoms with Crippen LogP contribution in [0, 0.1) is 12.7 Å². The lowest BCUT2D eigenvalue weighted by atomic mass is 10.0. The van der Waals surface area contributed by atoms with Gasteiger partial charge >= 0.3 is 0 Å². The minimum Gasteiger partial charge on any atom is -0.247 e. The standard InChI is InChI=1S/C16H11ClFN/c1-10-15(17)13-9-12(18)7-8-14(13)19-16(10)11-5-3-2-4-6-11/h2-9H,1H3. The van der Waals surface area contributed by atoms with Gasteiger partial charge in [0.2, 0.25) is 0 Å². The molecular weight excluding hydrogens is 261 g/mol. The van der Waals surface area contributed by atoms with Crippen molar-refractivity contribution in [2.45, 2.75) is 6.92 Å². The summed E-state index contributed by atoms with van der Waals surface area (Å²) in [5.74, 6) is -0.303. The van der Waals surface area contributed by atoms with Crippen molar-refractivity contribution in [3.63, 3.8) is 0 Å². The summed E-state index contributed by atoms with van der Waals surface area (Å²) in [4.78, 5) is 4.60. The lowest BCUT2D eigenvalue weighted by Crippen LogP contribution is -1.92. The predicted octanol–water partition coefficient (Wildman–Crippen LogP) is 5.00. The van der Waals surface area contributed by atoms with Crippen molar-refractivity contribution in [2.75, 3.05) is 0 Å². The lowest BCUT2D eigenvalue weighted by Gasteiger charge is -2.10. The molecule has 0 aliphatic rings. The fourth-order valence-corrected chi connectivity index (χ4v) is 2.41. The van der Waals surface area contributed by atoms with Crippen molar-refractivity contribution in [1.29, 1.82) is 0 Å². The molecule has 3 aromatic rings. The van der Waals surface area contributed by atoms with Gasteiger partial charge in [0.1, 0.15) is 5.82 Å². The monoisotopic (exact) mass is 271 g/mol. The second kappa shape index (κ2) is 4.63. The van der Waals surface area contributed by atoms with E-state index in [4.69, 9.17) is 11.6 Å². The first-order chi connectivity index (χ1) is 9.16. The van der Waals surface area contributed by atoms with Gasteiger partial charge in [0, 0.05) is 10.9 Å².